The van der Waals surface area contributed by atoms with Gasteiger partial charge in [0.25, 0.3) is 5.69 Å². The molecular weight excluding hydrogens is 393 g/mol. The Morgan fingerprint density at radius 3 is 2.48 bits per heavy atom. The molecule has 1 aromatic heterocycles. The first kappa shape index (κ1) is 20.6. The molecule has 0 unspecified atom stereocenters. The van der Waals surface area contributed by atoms with Crippen LogP contribution in [0.1, 0.15) is 27.6 Å². The van der Waals surface area contributed by atoms with Crippen molar-refractivity contribution in [2.75, 3.05) is 11.9 Å². The molecule has 0 aliphatic rings. The molecular formula is C21H20FN3O3S. The SMILES string of the molecule is Cc1cc(NC(=O)CN[C@H](c2ccc(F)cc2)c2cccs2)c([N+](=O)[O-])cc1C. The highest BCUT2D eigenvalue weighted by molar-refractivity contribution is 7.10. The molecule has 8 heteroatoms. The molecule has 6 nitrogen and oxygen atoms in total. The molecule has 0 radical (unpaired) electrons. The molecule has 0 fully saturated rings. The summed E-state index contributed by atoms with van der Waals surface area (Å²) in [5.74, 6) is -0.738. The third kappa shape index (κ3) is 5.04. The average Bonchev–Trinajstić information content (AvgIpc) is 3.20. The summed E-state index contributed by atoms with van der Waals surface area (Å²) < 4.78 is 13.3. The molecule has 3 aromatic rings. The summed E-state index contributed by atoms with van der Waals surface area (Å²) in [6.07, 6.45) is 0. The van der Waals surface area contributed by atoms with Gasteiger partial charge in [-0.15, -0.1) is 11.3 Å². The van der Waals surface area contributed by atoms with Crippen LogP contribution < -0.4 is 10.6 Å². The number of benzene rings is 2. The molecule has 0 saturated carbocycles. The van der Waals surface area contributed by atoms with E-state index >= 15 is 0 Å². The molecule has 29 heavy (non-hydrogen) atoms. The molecule has 0 saturated heterocycles. The van der Waals surface area contributed by atoms with Gasteiger partial charge in [0, 0.05) is 10.9 Å². The van der Waals surface area contributed by atoms with E-state index in [9.17, 15) is 19.3 Å². The number of carbonyl (C=O) groups is 1. The van der Waals surface area contributed by atoms with Crippen molar-refractivity contribution in [1.82, 2.24) is 5.32 Å². The second kappa shape index (κ2) is 8.93. The summed E-state index contributed by atoms with van der Waals surface area (Å²) in [5.41, 5.74) is 2.47. The minimum absolute atomic E-state index is 0.0655. The Balaban J connectivity index is 1.75. The fourth-order valence-corrected chi connectivity index (χ4v) is 3.76. The summed E-state index contributed by atoms with van der Waals surface area (Å²) in [6, 6.07) is 12.7. The second-order valence-electron chi connectivity index (χ2n) is 6.64. The van der Waals surface area contributed by atoms with Crippen LogP contribution in [0.4, 0.5) is 15.8 Å². The number of hydrogen-bond donors (Lipinski definition) is 2. The lowest BCUT2D eigenvalue weighted by Crippen LogP contribution is -2.31. The summed E-state index contributed by atoms with van der Waals surface area (Å²) >= 11 is 1.52. The molecule has 0 aliphatic heterocycles. The van der Waals surface area contributed by atoms with Gasteiger partial charge in [0.1, 0.15) is 11.5 Å². The molecule has 150 valence electrons. The average molecular weight is 413 g/mol. The van der Waals surface area contributed by atoms with Crippen LogP contribution in [0.25, 0.3) is 0 Å². The van der Waals surface area contributed by atoms with E-state index in [2.05, 4.69) is 10.6 Å². The largest absolute Gasteiger partial charge is 0.319 e. The number of hydrogen-bond acceptors (Lipinski definition) is 5. The predicted molar refractivity (Wildman–Crippen MR) is 112 cm³/mol. The van der Waals surface area contributed by atoms with Gasteiger partial charge in [0.05, 0.1) is 17.5 Å². The first-order valence-electron chi connectivity index (χ1n) is 8.93. The minimum Gasteiger partial charge on any atom is -0.319 e. The van der Waals surface area contributed by atoms with Crippen molar-refractivity contribution in [2.45, 2.75) is 19.9 Å². The van der Waals surface area contributed by atoms with Crippen LogP contribution in [0.5, 0.6) is 0 Å². The quantitative estimate of drug-likeness (QED) is 0.433. The van der Waals surface area contributed by atoms with E-state index in [1.54, 1.807) is 25.1 Å². The van der Waals surface area contributed by atoms with Gasteiger partial charge in [-0.1, -0.05) is 18.2 Å². The lowest BCUT2D eigenvalue weighted by atomic mass is 10.1. The Morgan fingerprint density at radius 2 is 1.86 bits per heavy atom. The molecule has 2 aromatic carbocycles. The number of anilines is 1. The number of carbonyl (C=O) groups excluding carboxylic acids is 1. The maximum absolute atomic E-state index is 13.3. The fraction of sp³-hybridized carbons (Fsp3) is 0.190. The number of aryl methyl sites for hydroxylation is 2. The highest BCUT2D eigenvalue weighted by Gasteiger charge is 2.20. The molecule has 1 heterocycles. The summed E-state index contributed by atoms with van der Waals surface area (Å²) in [4.78, 5) is 24.3. The smallest absolute Gasteiger partial charge is 0.293 e. The van der Waals surface area contributed by atoms with Gasteiger partial charge in [-0.05, 0) is 60.2 Å². The monoisotopic (exact) mass is 413 g/mol. The number of halogens is 1. The van der Waals surface area contributed by atoms with Crippen molar-refractivity contribution in [2.24, 2.45) is 0 Å². The minimum atomic E-state index is -0.511. The van der Waals surface area contributed by atoms with Gasteiger partial charge in [0.2, 0.25) is 5.91 Å². The molecule has 0 bridgehead atoms. The summed E-state index contributed by atoms with van der Waals surface area (Å²) in [5, 5.41) is 19.0. The van der Waals surface area contributed by atoms with Gasteiger partial charge in [0.15, 0.2) is 0 Å². The topological polar surface area (TPSA) is 84.3 Å². The van der Waals surface area contributed by atoms with Gasteiger partial charge >= 0.3 is 0 Å². The van der Waals surface area contributed by atoms with E-state index in [1.807, 2.05) is 24.4 Å². The van der Waals surface area contributed by atoms with Crippen molar-refractivity contribution < 1.29 is 14.1 Å². The third-order valence-electron chi connectivity index (χ3n) is 4.58. The van der Waals surface area contributed by atoms with Crippen molar-refractivity contribution in [3.8, 4) is 0 Å². The highest BCUT2D eigenvalue weighted by atomic mass is 32.1. The van der Waals surface area contributed by atoms with E-state index < -0.39 is 10.8 Å². The van der Waals surface area contributed by atoms with Crippen LogP contribution in [-0.4, -0.2) is 17.4 Å². The fourth-order valence-electron chi connectivity index (χ4n) is 2.93. The van der Waals surface area contributed by atoms with Gasteiger partial charge in [-0.3, -0.25) is 20.2 Å². The van der Waals surface area contributed by atoms with E-state index in [0.29, 0.717) is 0 Å². The van der Waals surface area contributed by atoms with Crippen LogP contribution in [0.2, 0.25) is 0 Å². The molecule has 2 N–H and O–H groups in total. The standard InChI is InChI=1S/C21H20FN3O3S/c1-13-10-17(18(25(27)28)11-14(13)2)24-20(26)12-23-21(19-4-3-9-29-19)15-5-7-16(22)8-6-15/h3-11,21,23H,12H2,1-2H3,(H,24,26)/t21-/m1/s1. The summed E-state index contributed by atoms with van der Waals surface area (Å²) in [7, 11) is 0. The zero-order chi connectivity index (χ0) is 21.0. The van der Waals surface area contributed by atoms with Crippen molar-refractivity contribution in [1.29, 1.82) is 0 Å². The maximum Gasteiger partial charge on any atom is 0.293 e. The van der Waals surface area contributed by atoms with E-state index in [4.69, 9.17) is 0 Å². The van der Waals surface area contributed by atoms with Crippen molar-refractivity contribution in [3.63, 3.8) is 0 Å². The molecule has 0 spiro atoms. The number of thiophene rings is 1. The number of nitrogens with one attached hydrogen (secondary N) is 2. The van der Waals surface area contributed by atoms with Gasteiger partial charge in [-0.2, -0.15) is 0 Å². The van der Waals surface area contributed by atoms with E-state index in [1.165, 1.54) is 29.5 Å². The van der Waals surface area contributed by atoms with Gasteiger partial charge < -0.3 is 5.32 Å². The number of nitro groups is 1. The van der Waals surface area contributed by atoms with Crippen LogP contribution in [0.3, 0.4) is 0 Å². The van der Waals surface area contributed by atoms with Crippen molar-refractivity contribution in [3.05, 3.63) is 91.4 Å². The first-order valence-corrected chi connectivity index (χ1v) is 9.81. The first-order chi connectivity index (χ1) is 13.8. The number of rotatable bonds is 7. The molecule has 1 atom stereocenters. The normalized spacial score (nSPS) is 11.8. The number of amides is 1. The van der Waals surface area contributed by atoms with E-state index in [0.717, 1.165) is 21.6 Å². The van der Waals surface area contributed by atoms with Crippen LogP contribution >= 0.6 is 11.3 Å². The van der Waals surface area contributed by atoms with Crippen LogP contribution in [-0.2, 0) is 4.79 Å². The Kier molecular flexibility index (Phi) is 6.36. The molecule has 0 aliphatic carbocycles. The molecule has 3 rings (SSSR count). The summed E-state index contributed by atoms with van der Waals surface area (Å²) in [6.45, 7) is 3.54. The van der Waals surface area contributed by atoms with E-state index in [-0.39, 0.29) is 29.8 Å². The van der Waals surface area contributed by atoms with Crippen LogP contribution in [0.15, 0.2) is 53.9 Å². The predicted octanol–water partition coefficient (Wildman–Crippen LogP) is 4.73. The molecule has 1 amide bonds. The third-order valence-corrected chi connectivity index (χ3v) is 5.52. The zero-order valence-electron chi connectivity index (χ0n) is 15.9. The number of nitro benzene ring substituents is 1. The van der Waals surface area contributed by atoms with Gasteiger partial charge in [-0.25, -0.2) is 4.39 Å². The lowest BCUT2D eigenvalue weighted by Gasteiger charge is -2.18. The Labute approximate surface area is 171 Å². The Bertz CT molecular complexity index is 1020. The Hall–Kier alpha value is -3.10. The maximum atomic E-state index is 13.3. The van der Waals surface area contributed by atoms with Crippen molar-refractivity contribution >= 4 is 28.6 Å². The zero-order valence-corrected chi connectivity index (χ0v) is 16.8. The second-order valence-corrected chi connectivity index (χ2v) is 7.62. The highest BCUT2D eigenvalue weighted by Crippen LogP contribution is 2.28. The lowest BCUT2D eigenvalue weighted by molar-refractivity contribution is -0.384. The van der Waals surface area contributed by atoms with Crippen LogP contribution in [0, 0.1) is 29.8 Å². The Morgan fingerprint density at radius 1 is 1.17 bits per heavy atom. The number of nitrogens with zero attached hydrogens (tertiary/aromatic N) is 1.